The van der Waals surface area contributed by atoms with Crippen LogP contribution in [0.25, 0.3) is 5.69 Å². The predicted molar refractivity (Wildman–Crippen MR) is 126 cm³/mol. The van der Waals surface area contributed by atoms with Crippen molar-refractivity contribution in [2.45, 2.75) is 49.2 Å². The van der Waals surface area contributed by atoms with E-state index < -0.39 is 5.54 Å². The minimum absolute atomic E-state index is 0.159. The lowest BCUT2D eigenvalue weighted by Crippen LogP contribution is -2.49. The van der Waals surface area contributed by atoms with Crippen LogP contribution < -0.4 is 5.32 Å². The lowest BCUT2D eigenvalue weighted by molar-refractivity contribution is -0.120. The second kappa shape index (κ2) is 10.2. The highest BCUT2D eigenvalue weighted by atomic mass is 35.5. The fraction of sp³-hybridized carbons (Fsp3) is 0.333. The minimum Gasteiger partial charge on any atom is -0.337 e. The molecule has 0 unspecified atom stereocenters. The molecule has 1 aliphatic rings. The van der Waals surface area contributed by atoms with Crippen LogP contribution in [0.15, 0.2) is 59.8 Å². The van der Waals surface area contributed by atoms with Crippen LogP contribution in [0, 0.1) is 11.3 Å². The predicted octanol–water partition coefficient (Wildman–Crippen LogP) is 4.95. The summed E-state index contributed by atoms with van der Waals surface area (Å²) in [6.45, 7) is 0. The summed E-state index contributed by atoms with van der Waals surface area (Å²) in [4.78, 5) is 12.7. The maximum atomic E-state index is 12.7. The molecule has 8 heteroatoms. The fourth-order valence-electron chi connectivity index (χ4n) is 3.99. The molecule has 0 saturated heterocycles. The van der Waals surface area contributed by atoms with E-state index in [4.69, 9.17) is 11.6 Å². The molecule has 1 N–H and O–H groups in total. The van der Waals surface area contributed by atoms with Crippen molar-refractivity contribution < 1.29 is 4.79 Å². The molecule has 1 amide bonds. The van der Waals surface area contributed by atoms with E-state index in [1.54, 1.807) is 0 Å². The van der Waals surface area contributed by atoms with Gasteiger partial charge in [-0.2, -0.15) is 5.26 Å². The molecule has 164 valence electrons. The highest BCUT2D eigenvalue weighted by Crippen LogP contribution is 2.28. The number of hydrogen-bond acceptors (Lipinski definition) is 5. The van der Waals surface area contributed by atoms with Crippen LogP contribution in [0.4, 0.5) is 0 Å². The molecule has 0 spiro atoms. The van der Waals surface area contributed by atoms with Gasteiger partial charge in [0.25, 0.3) is 0 Å². The first-order valence-corrected chi connectivity index (χ1v) is 12.0. The number of nitrogens with zero attached hydrogens (tertiary/aromatic N) is 4. The highest BCUT2D eigenvalue weighted by molar-refractivity contribution is 7.99. The monoisotopic (exact) mass is 465 g/mol. The average Bonchev–Trinajstić information content (AvgIpc) is 3.22. The Morgan fingerprint density at radius 1 is 1.09 bits per heavy atom. The van der Waals surface area contributed by atoms with Gasteiger partial charge in [0.05, 0.1) is 11.8 Å². The Morgan fingerprint density at radius 2 is 1.81 bits per heavy atom. The van der Waals surface area contributed by atoms with E-state index in [-0.39, 0.29) is 11.7 Å². The van der Waals surface area contributed by atoms with Crippen molar-refractivity contribution in [3.63, 3.8) is 0 Å². The zero-order valence-electron chi connectivity index (χ0n) is 17.6. The maximum Gasteiger partial charge on any atom is 0.231 e. The fourth-order valence-corrected chi connectivity index (χ4v) is 4.89. The summed E-state index contributed by atoms with van der Waals surface area (Å²) < 4.78 is 1.96. The highest BCUT2D eigenvalue weighted by Gasteiger charge is 2.33. The third kappa shape index (κ3) is 5.32. The summed E-state index contributed by atoms with van der Waals surface area (Å²) in [5, 5.41) is 22.6. The number of amides is 1. The van der Waals surface area contributed by atoms with Crippen LogP contribution in [-0.2, 0) is 11.2 Å². The molecule has 1 aromatic heterocycles. The van der Waals surface area contributed by atoms with E-state index in [1.807, 2.05) is 59.2 Å². The van der Waals surface area contributed by atoms with Gasteiger partial charge in [-0.05, 0) is 42.7 Å². The van der Waals surface area contributed by atoms with Gasteiger partial charge in [-0.15, -0.1) is 10.2 Å². The first-order valence-electron chi connectivity index (χ1n) is 10.7. The largest absolute Gasteiger partial charge is 0.337 e. The van der Waals surface area contributed by atoms with Gasteiger partial charge in [0.2, 0.25) is 5.91 Å². The maximum absolute atomic E-state index is 12.7. The van der Waals surface area contributed by atoms with E-state index in [9.17, 15) is 10.1 Å². The third-order valence-electron chi connectivity index (χ3n) is 5.62. The van der Waals surface area contributed by atoms with Gasteiger partial charge in [-0.25, -0.2) is 0 Å². The lowest BCUT2D eigenvalue weighted by atomic mass is 9.83. The molecule has 1 saturated carbocycles. The van der Waals surface area contributed by atoms with Crippen LogP contribution in [0.1, 0.15) is 43.5 Å². The number of benzene rings is 2. The smallest absolute Gasteiger partial charge is 0.231 e. The number of aromatic nitrogens is 3. The quantitative estimate of drug-likeness (QED) is 0.499. The molecule has 0 atom stereocenters. The van der Waals surface area contributed by atoms with Crippen LogP contribution >= 0.6 is 23.4 Å². The molecule has 3 aromatic rings. The summed E-state index contributed by atoms with van der Waals surface area (Å²) >= 11 is 7.40. The van der Waals surface area contributed by atoms with E-state index in [1.165, 1.54) is 11.8 Å². The standard InChI is InChI=1S/C24H24ClN5OS/c25-19-9-11-20(12-10-19)30-21(15-18-7-3-1-4-8-18)28-29-23(30)32-16-22(31)27-24(17-26)13-5-2-6-14-24/h1,3-4,7-12H,2,5-6,13-16H2,(H,27,31). The normalized spacial score (nSPS) is 15.1. The number of thioether (sulfide) groups is 1. The van der Waals surface area contributed by atoms with Gasteiger partial charge in [-0.3, -0.25) is 9.36 Å². The Bertz CT molecular complexity index is 1100. The summed E-state index contributed by atoms with van der Waals surface area (Å²) in [5.41, 5.74) is 1.27. The van der Waals surface area contributed by atoms with Crippen LogP contribution in [0.3, 0.4) is 0 Å². The summed E-state index contributed by atoms with van der Waals surface area (Å²) in [6.07, 6.45) is 5.08. The second-order valence-electron chi connectivity index (χ2n) is 7.96. The number of nitrogens with one attached hydrogen (secondary N) is 1. The summed E-state index contributed by atoms with van der Waals surface area (Å²) in [6, 6.07) is 19.9. The van der Waals surface area contributed by atoms with Gasteiger partial charge >= 0.3 is 0 Å². The first kappa shape index (κ1) is 22.4. The molecule has 1 heterocycles. The van der Waals surface area contributed by atoms with Crippen molar-refractivity contribution in [1.29, 1.82) is 5.26 Å². The van der Waals surface area contributed by atoms with Crippen molar-refractivity contribution in [2.24, 2.45) is 0 Å². The third-order valence-corrected chi connectivity index (χ3v) is 6.80. The van der Waals surface area contributed by atoms with Crippen LogP contribution in [0.5, 0.6) is 0 Å². The number of hydrogen-bond donors (Lipinski definition) is 1. The van der Waals surface area contributed by atoms with Crippen molar-refractivity contribution in [2.75, 3.05) is 5.75 Å². The van der Waals surface area contributed by atoms with Gasteiger partial charge < -0.3 is 5.32 Å². The number of rotatable bonds is 7. The van der Waals surface area contributed by atoms with Crippen molar-refractivity contribution >= 4 is 29.3 Å². The molecule has 0 bridgehead atoms. The average molecular weight is 466 g/mol. The zero-order chi connectivity index (χ0) is 22.4. The molecule has 0 aliphatic heterocycles. The molecule has 32 heavy (non-hydrogen) atoms. The molecule has 2 aromatic carbocycles. The lowest BCUT2D eigenvalue weighted by Gasteiger charge is -2.31. The van der Waals surface area contributed by atoms with Gasteiger partial charge in [0.15, 0.2) is 5.16 Å². The second-order valence-corrected chi connectivity index (χ2v) is 9.34. The van der Waals surface area contributed by atoms with Crippen LogP contribution in [0.2, 0.25) is 5.02 Å². The van der Waals surface area contributed by atoms with Crippen molar-refractivity contribution in [3.05, 3.63) is 71.0 Å². The molecule has 0 radical (unpaired) electrons. The Labute approximate surface area is 197 Å². The first-order chi connectivity index (χ1) is 15.6. The minimum atomic E-state index is -0.738. The Balaban J connectivity index is 1.53. The topological polar surface area (TPSA) is 83.6 Å². The number of halogens is 1. The molecular weight excluding hydrogens is 442 g/mol. The zero-order valence-corrected chi connectivity index (χ0v) is 19.2. The van der Waals surface area contributed by atoms with E-state index in [0.717, 1.165) is 36.3 Å². The molecule has 1 aliphatic carbocycles. The Kier molecular flexibility index (Phi) is 7.13. The van der Waals surface area contributed by atoms with Crippen LogP contribution in [-0.4, -0.2) is 32.0 Å². The molecule has 1 fully saturated rings. The number of carbonyl (C=O) groups is 1. The van der Waals surface area contributed by atoms with Crippen molar-refractivity contribution in [1.82, 2.24) is 20.1 Å². The SMILES string of the molecule is N#CC1(NC(=O)CSc2nnc(Cc3ccccc3)n2-c2ccc(Cl)cc2)CCCCC1. The number of nitriles is 1. The molecule has 6 nitrogen and oxygen atoms in total. The Morgan fingerprint density at radius 3 is 2.50 bits per heavy atom. The van der Waals surface area contributed by atoms with Gasteiger partial charge in [0.1, 0.15) is 11.4 Å². The van der Waals surface area contributed by atoms with E-state index >= 15 is 0 Å². The van der Waals surface area contributed by atoms with Gasteiger partial charge in [-0.1, -0.05) is 73.0 Å². The summed E-state index contributed by atoms with van der Waals surface area (Å²) in [5.74, 6) is 0.788. The summed E-state index contributed by atoms with van der Waals surface area (Å²) in [7, 11) is 0. The van der Waals surface area contributed by atoms with Crippen molar-refractivity contribution in [3.8, 4) is 11.8 Å². The van der Waals surface area contributed by atoms with E-state index in [2.05, 4.69) is 21.6 Å². The van der Waals surface area contributed by atoms with Gasteiger partial charge in [0, 0.05) is 17.1 Å². The van der Waals surface area contributed by atoms with E-state index in [0.29, 0.717) is 29.4 Å². The molecular formula is C24H24ClN5OS. The Hall–Kier alpha value is -2.82. The number of carbonyl (C=O) groups excluding carboxylic acids is 1. The molecule has 4 rings (SSSR count).